The molecule has 0 bridgehead atoms. The van der Waals surface area contributed by atoms with Gasteiger partial charge < -0.3 is 10.8 Å². The van der Waals surface area contributed by atoms with Crippen LogP contribution in [0.4, 0.5) is 0 Å². The van der Waals surface area contributed by atoms with E-state index in [0.29, 0.717) is 17.0 Å². The molecule has 0 radical (unpaired) electrons. The maximum absolute atomic E-state index is 12.4. The molecule has 4 rings (SSSR count). The Morgan fingerprint density at radius 3 is 2.61 bits per heavy atom. The number of benzene rings is 2. The van der Waals surface area contributed by atoms with Gasteiger partial charge in [0.15, 0.2) is 0 Å². The fourth-order valence-electron chi connectivity index (χ4n) is 3.74. The molecule has 2 heterocycles. The van der Waals surface area contributed by atoms with Gasteiger partial charge in [-0.25, -0.2) is 4.98 Å². The van der Waals surface area contributed by atoms with Gasteiger partial charge in [0.2, 0.25) is 5.91 Å². The molecule has 4 N–H and O–H groups in total. The number of H-pyrrole nitrogens is 1. The average Bonchev–Trinajstić information content (AvgIpc) is 3.47. The molecule has 31 heavy (non-hydrogen) atoms. The Morgan fingerprint density at radius 2 is 1.90 bits per heavy atom. The third-order valence-corrected chi connectivity index (χ3v) is 5.24. The van der Waals surface area contributed by atoms with E-state index in [1.54, 1.807) is 18.5 Å². The van der Waals surface area contributed by atoms with E-state index < -0.39 is 5.91 Å². The van der Waals surface area contributed by atoms with Crippen LogP contribution in [0.1, 0.15) is 35.3 Å². The molecule has 0 saturated heterocycles. The minimum Gasteiger partial charge on any atom is -0.396 e. The summed E-state index contributed by atoms with van der Waals surface area (Å²) in [6.07, 6.45) is 8.94. The van der Waals surface area contributed by atoms with Crippen molar-refractivity contribution in [2.45, 2.75) is 25.7 Å². The Balaban J connectivity index is 1.89. The molecule has 7 nitrogen and oxygen atoms in total. The van der Waals surface area contributed by atoms with Crippen LogP contribution in [0.2, 0.25) is 0 Å². The third kappa shape index (κ3) is 4.41. The highest BCUT2D eigenvalue weighted by atomic mass is 16.2. The topological polar surface area (TPSA) is 110 Å². The van der Waals surface area contributed by atoms with Crippen LogP contribution in [-0.4, -0.2) is 37.4 Å². The molecular weight excluding hydrogens is 390 g/mol. The number of para-hydroxylation sites is 1. The quantitative estimate of drug-likeness (QED) is 0.362. The number of primary amides is 1. The number of aliphatic hydroxyl groups excluding tert-OH is 1. The molecule has 158 valence electrons. The number of hydrogen-bond donors (Lipinski definition) is 3. The van der Waals surface area contributed by atoms with Crippen LogP contribution in [0.5, 0.6) is 0 Å². The van der Waals surface area contributed by atoms with Gasteiger partial charge in [0, 0.05) is 35.8 Å². The van der Waals surface area contributed by atoms with Crippen LogP contribution < -0.4 is 5.73 Å². The summed E-state index contributed by atoms with van der Waals surface area (Å²) >= 11 is 0. The number of nitrogens with two attached hydrogens (primary N) is 1. The number of aliphatic hydroxyl groups is 1. The second kappa shape index (κ2) is 9.40. The lowest BCUT2D eigenvalue weighted by Crippen LogP contribution is -2.14. The second-order valence-corrected chi connectivity index (χ2v) is 7.38. The van der Waals surface area contributed by atoms with Gasteiger partial charge in [0.1, 0.15) is 5.82 Å². The zero-order chi connectivity index (χ0) is 21.6. The number of aryl methyl sites for hydroxylation is 1. The molecule has 2 aromatic heterocycles. The van der Waals surface area contributed by atoms with E-state index in [2.05, 4.69) is 10.2 Å². The first kappa shape index (κ1) is 20.6. The first-order valence-corrected chi connectivity index (χ1v) is 10.4. The summed E-state index contributed by atoms with van der Waals surface area (Å²) in [6, 6.07) is 15.4. The molecule has 7 heteroatoms. The number of unbranched alkanes of at least 4 members (excludes halogenated alkanes) is 2. The van der Waals surface area contributed by atoms with Crippen LogP contribution in [0.3, 0.4) is 0 Å². The van der Waals surface area contributed by atoms with Crippen LogP contribution in [0.25, 0.3) is 28.2 Å². The van der Waals surface area contributed by atoms with Gasteiger partial charge in [-0.05, 0) is 43.0 Å². The Labute approximate surface area is 180 Å². The summed E-state index contributed by atoms with van der Waals surface area (Å²) in [5, 5.41) is 15.9. The number of carbonyl (C=O) groups excluding carboxylic acids is 1. The molecule has 0 unspecified atom stereocenters. The van der Waals surface area contributed by atoms with Gasteiger partial charge in [-0.15, -0.1) is 0 Å². The Hall–Kier alpha value is -3.71. The lowest BCUT2D eigenvalue weighted by atomic mass is 9.96. The van der Waals surface area contributed by atoms with Gasteiger partial charge in [0.05, 0.1) is 17.5 Å². The van der Waals surface area contributed by atoms with Crippen molar-refractivity contribution in [2.75, 3.05) is 6.61 Å². The molecular formula is C24H25N5O2. The number of amides is 1. The van der Waals surface area contributed by atoms with E-state index in [0.717, 1.165) is 48.2 Å². The number of carbonyl (C=O) groups is 1. The van der Waals surface area contributed by atoms with Gasteiger partial charge >= 0.3 is 0 Å². The SMILES string of the molecule is NC(=O)c1cccc(-c2cn[nH]c2)c1-c1nc(CCCCCO)cn1-c1ccccc1. The smallest absolute Gasteiger partial charge is 0.249 e. The van der Waals surface area contributed by atoms with Crippen molar-refractivity contribution in [2.24, 2.45) is 5.73 Å². The maximum Gasteiger partial charge on any atom is 0.249 e. The Morgan fingerprint density at radius 1 is 1.06 bits per heavy atom. The third-order valence-electron chi connectivity index (χ3n) is 5.24. The largest absolute Gasteiger partial charge is 0.396 e. The molecule has 1 amide bonds. The van der Waals surface area contributed by atoms with Crippen molar-refractivity contribution in [1.82, 2.24) is 19.7 Å². The summed E-state index contributed by atoms with van der Waals surface area (Å²) < 4.78 is 2.01. The zero-order valence-corrected chi connectivity index (χ0v) is 17.2. The molecule has 2 aromatic carbocycles. The number of nitrogens with one attached hydrogen (secondary N) is 1. The van der Waals surface area contributed by atoms with Crippen molar-refractivity contribution >= 4 is 5.91 Å². The Bertz CT molecular complexity index is 1150. The summed E-state index contributed by atoms with van der Waals surface area (Å²) in [5.41, 5.74) is 10.4. The number of rotatable bonds is 9. The van der Waals surface area contributed by atoms with E-state index in [9.17, 15) is 4.79 Å². The van der Waals surface area contributed by atoms with E-state index in [-0.39, 0.29) is 6.61 Å². The minimum absolute atomic E-state index is 0.198. The molecule has 0 aliphatic heterocycles. The van der Waals surface area contributed by atoms with E-state index in [1.807, 2.05) is 53.2 Å². The highest BCUT2D eigenvalue weighted by Gasteiger charge is 2.22. The summed E-state index contributed by atoms with van der Waals surface area (Å²) in [4.78, 5) is 17.3. The molecule has 0 atom stereocenters. The summed E-state index contributed by atoms with van der Waals surface area (Å²) in [6.45, 7) is 0.198. The summed E-state index contributed by atoms with van der Waals surface area (Å²) in [5.74, 6) is 0.154. The molecule has 0 aliphatic carbocycles. The van der Waals surface area contributed by atoms with Gasteiger partial charge in [-0.3, -0.25) is 14.5 Å². The minimum atomic E-state index is -0.507. The fourth-order valence-corrected chi connectivity index (χ4v) is 3.74. The van der Waals surface area contributed by atoms with Crippen LogP contribution >= 0.6 is 0 Å². The molecule has 0 spiro atoms. The molecule has 0 aliphatic rings. The first-order chi connectivity index (χ1) is 15.2. The van der Waals surface area contributed by atoms with E-state index in [1.165, 1.54) is 0 Å². The number of aromatic nitrogens is 4. The van der Waals surface area contributed by atoms with E-state index in [4.69, 9.17) is 15.8 Å². The number of hydrogen-bond acceptors (Lipinski definition) is 4. The maximum atomic E-state index is 12.4. The van der Waals surface area contributed by atoms with Crippen molar-refractivity contribution in [3.05, 3.63) is 78.4 Å². The second-order valence-electron chi connectivity index (χ2n) is 7.38. The fraction of sp³-hybridized carbons (Fsp3) is 0.208. The van der Waals surface area contributed by atoms with Crippen molar-refractivity contribution in [1.29, 1.82) is 0 Å². The van der Waals surface area contributed by atoms with Crippen molar-refractivity contribution in [3.63, 3.8) is 0 Å². The standard InChI is InChI=1S/C24H25N5O2/c25-23(31)21-12-7-11-20(17-14-26-27-15-17)22(21)24-28-18(8-3-2-6-13-30)16-29(24)19-9-4-1-5-10-19/h1,4-5,7,9-12,14-16,30H,2-3,6,8,13H2,(H2,25,31)(H,26,27). The molecule has 0 fully saturated rings. The predicted octanol–water partition coefficient (Wildman–Crippen LogP) is 3.73. The number of aromatic amines is 1. The van der Waals surface area contributed by atoms with Gasteiger partial charge in [-0.2, -0.15) is 5.10 Å². The van der Waals surface area contributed by atoms with Crippen LogP contribution in [0.15, 0.2) is 67.1 Å². The first-order valence-electron chi connectivity index (χ1n) is 10.4. The normalized spacial score (nSPS) is 11.0. The number of imidazole rings is 1. The lowest BCUT2D eigenvalue weighted by Gasteiger charge is -2.14. The highest BCUT2D eigenvalue weighted by molar-refractivity contribution is 6.03. The number of nitrogens with zero attached hydrogens (tertiary/aromatic N) is 3. The molecule has 4 aromatic rings. The van der Waals surface area contributed by atoms with E-state index >= 15 is 0 Å². The van der Waals surface area contributed by atoms with Crippen molar-refractivity contribution in [3.8, 4) is 28.2 Å². The lowest BCUT2D eigenvalue weighted by molar-refractivity contribution is 0.100. The monoisotopic (exact) mass is 415 g/mol. The molecule has 0 saturated carbocycles. The summed E-state index contributed by atoms with van der Waals surface area (Å²) in [7, 11) is 0. The van der Waals surface area contributed by atoms with Gasteiger partial charge in [0.25, 0.3) is 0 Å². The van der Waals surface area contributed by atoms with Gasteiger partial charge in [-0.1, -0.05) is 36.8 Å². The van der Waals surface area contributed by atoms with Crippen molar-refractivity contribution < 1.29 is 9.90 Å². The predicted molar refractivity (Wildman–Crippen MR) is 120 cm³/mol. The highest BCUT2D eigenvalue weighted by Crippen LogP contribution is 2.35. The van der Waals surface area contributed by atoms with Crippen LogP contribution in [-0.2, 0) is 6.42 Å². The zero-order valence-electron chi connectivity index (χ0n) is 17.2. The Kier molecular flexibility index (Phi) is 6.24. The average molecular weight is 415 g/mol. The van der Waals surface area contributed by atoms with Crippen LogP contribution in [0, 0.1) is 0 Å².